The van der Waals surface area contributed by atoms with Crippen molar-refractivity contribution < 1.29 is 18.3 Å². The van der Waals surface area contributed by atoms with Crippen LogP contribution in [0, 0.1) is 11.8 Å². The number of ether oxygens (including phenoxy) is 2. The third-order valence-corrected chi connectivity index (χ3v) is 13.7. The van der Waals surface area contributed by atoms with E-state index in [4.69, 9.17) is 18.3 Å². The van der Waals surface area contributed by atoms with Crippen molar-refractivity contribution in [3.05, 3.63) is 0 Å². The molecule has 0 aliphatic heterocycles. The predicted octanol–water partition coefficient (Wildman–Crippen LogP) is 7.46. The van der Waals surface area contributed by atoms with E-state index < -0.39 is 15.0 Å². The third-order valence-electron chi connectivity index (χ3n) is 9.06. The molecular formula is C26H48O4Si. The minimum Gasteiger partial charge on any atom is -0.390 e. The van der Waals surface area contributed by atoms with Crippen molar-refractivity contribution >= 4 is 8.56 Å². The average molecular weight is 453 g/mol. The molecule has 0 atom stereocenters. The third kappa shape index (κ3) is 5.77. The maximum absolute atomic E-state index is 7.68. The van der Waals surface area contributed by atoms with E-state index in [0.29, 0.717) is 17.2 Å². The van der Waals surface area contributed by atoms with Gasteiger partial charge in [0.25, 0.3) is 6.48 Å². The Morgan fingerprint density at radius 3 is 1.29 bits per heavy atom. The summed E-state index contributed by atoms with van der Waals surface area (Å²) in [6, 6.07) is 0. The fourth-order valence-electron chi connectivity index (χ4n) is 7.46. The Morgan fingerprint density at radius 1 is 0.516 bits per heavy atom. The van der Waals surface area contributed by atoms with E-state index >= 15 is 0 Å². The highest BCUT2D eigenvalue weighted by atomic mass is 28.4. The molecule has 0 bridgehead atoms. The van der Waals surface area contributed by atoms with Gasteiger partial charge in [-0.2, -0.15) is 0 Å². The van der Waals surface area contributed by atoms with Crippen LogP contribution in [0.25, 0.3) is 0 Å². The Labute approximate surface area is 192 Å². The molecule has 4 saturated carbocycles. The molecule has 31 heavy (non-hydrogen) atoms. The van der Waals surface area contributed by atoms with E-state index in [1.807, 2.05) is 0 Å². The number of hydrogen-bond donors (Lipinski definition) is 0. The second-order valence-corrected chi connectivity index (χ2v) is 14.5. The molecule has 0 radical (unpaired) electrons. The fraction of sp³-hybridized carbons (Fsp3) is 1.00. The Balaban J connectivity index is 1.68. The van der Waals surface area contributed by atoms with Gasteiger partial charge in [-0.15, -0.1) is 0 Å². The molecule has 0 N–H and O–H groups in total. The van der Waals surface area contributed by atoms with Gasteiger partial charge in [-0.25, -0.2) is 0 Å². The first-order valence-electron chi connectivity index (χ1n) is 13.7. The second kappa shape index (κ2) is 12.0. The molecule has 0 aromatic rings. The van der Waals surface area contributed by atoms with Crippen LogP contribution < -0.4 is 0 Å². The van der Waals surface area contributed by atoms with Gasteiger partial charge >= 0.3 is 8.56 Å². The summed E-state index contributed by atoms with van der Waals surface area (Å²) >= 11 is 0. The summed E-state index contributed by atoms with van der Waals surface area (Å²) in [4.78, 5) is 0. The Kier molecular flexibility index (Phi) is 9.34. The summed E-state index contributed by atoms with van der Waals surface area (Å²) in [5.41, 5.74) is 1.20. The van der Waals surface area contributed by atoms with E-state index in [0.717, 1.165) is 11.8 Å². The van der Waals surface area contributed by atoms with Crippen molar-refractivity contribution in [3.63, 3.8) is 0 Å². The zero-order valence-corrected chi connectivity index (χ0v) is 21.3. The van der Waals surface area contributed by atoms with E-state index in [9.17, 15) is 0 Å². The van der Waals surface area contributed by atoms with Crippen molar-refractivity contribution in [1.82, 2.24) is 0 Å². The van der Waals surface area contributed by atoms with Crippen LogP contribution in [-0.4, -0.2) is 35.4 Å². The lowest BCUT2D eigenvalue weighted by Crippen LogP contribution is -2.58. The Hall–Kier alpha value is 0.0569. The normalized spacial score (nSPS) is 25.9. The van der Waals surface area contributed by atoms with Gasteiger partial charge < -0.3 is 18.3 Å². The van der Waals surface area contributed by atoms with Crippen LogP contribution in [0.5, 0.6) is 0 Å². The van der Waals surface area contributed by atoms with E-state index in [-0.39, 0.29) is 0 Å². The second-order valence-electron chi connectivity index (χ2n) is 10.9. The molecule has 0 heterocycles. The largest absolute Gasteiger partial charge is 0.390 e. The van der Waals surface area contributed by atoms with Crippen LogP contribution >= 0.6 is 0 Å². The van der Waals surface area contributed by atoms with Gasteiger partial charge in [0, 0.05) is 25.3 Å². The molecule has 0 spiro atoms. The molecular weight excluding hydrogens is 404 g/mol. The van der Waals surface area contributed by atoms with Crippen LogP contribution in [0.2, 0.25) is 11.1 Å². The zero-order valence-electron chi connectivity index (χ0n) is 20.3. The lowest BCUT2D eigenvalue weighted by atomic mass is 9.89. The Bertz CT molecular complexity index is 468. The summed E-state index contributed by atoms with van der Waals surface area (Å²) in [5.74, 6) is 1.49. The van der Waals surface area contributed by atoms with Crippen molar-refractivity contribution in [3.8, 4) is 0 Å². The molecule has 4 nitrogen and oxygen atoms in total. The molecule has 180 valence electrons. The van der Waals surface area contributed by atoms with Gasteiger partial charge in [-0.3, -0.25) is 0 Å². The molecule has 4 aliphatic carbocycles. The van der Waals surface area contributed by atoms with Crippen LogP contribution in [0.3, 0.4) is 0 Å². The Morgan fingerprint density at radius 2 is 0.903 bits per heavy atom. The standard InChI is InChI=1S/C26H48O4Si/c1-27-26(28-2)30-31(23-17-5-3-6-18-23,24-19-7-4-8-20-24)29-25(21-13-9-10-14-21)22-15-11-12-16-22/h21-26H,3-20H2,1-2H3. The molecule has 5 heteroatoms. The number of hydrogen-bond acceptors (Lipinski definition) is 4. The van der Waals surface area contributed by atoms with Crippen molar-refractivity contribution in [2.24, 2.45) is 11.8 Å². The fourth-order valence-corrected chi connectivity index (χ4v) is 12.7. The zero-order chi connectivity index (χ0) is 21.5. The summed E-state index contributed by atoms with van der Waals surface area (Å²) in [6.45, 7) is -0.580. The molecule has 4 fully saturated rings. The first-order chi connectivity index (χ1) is 15.3. The van der Waals surface area contributed by atoms with Gasteiger partial charge in [-0.1, -0.05) is 64.2 Å². The number of methoxy groups -OCH3 is 2. The highest BCUT2D eigenvalue weighted by Gasteiger charge is 2.56. The molecule has 0 saturated heterocycles. The first kappa shape index (κ1) is 24.2. The number of rotatable bonds is 10. The van der Waals surface area contributed by atoms with Crippen LogP contribution in [0.4, 0.5) is 0 Å². The molecule has 0 unspecified atom stereocenters. The minimum absolute atomic E-state index is 0.412. The lowest BCUT2D eigenvalue weighted by molar-refractivity contribution is -0.237. The summed E-state index contributed by atoms with van der Waals surface area (Å²) in [7, 11) is 0.898. The maximum atomic E-state index is 7.68. The van der Waals surface area contributed by atoms with Crippen molar-refractivity contribution in [2.45, 2.75) is 139 Å². The first-order valence-corrected chi connectivity index (χ1v) is 15.6. The SMILES string of the molecule is COC(OC)O[Si](OC(C1CCCC1)C1CCCC1)(C1CCCCC1)C1CCCCC1. The van der Waals surface area contributed by atoms with Crippen LogP contribution in [0.1, 0.15) is 116 Å². The molecule has 0 aromatic heterocycles. The van der Waals surface area contributed by atoms with E-state index in [1.165, 1.54) is 116 Å². The van der Waals surface area contributed by atoms with E-state index in [2.05, 4.69) is 0 Å². The maximum Gasteiger partial charge on any atom is 0.348 e. The average Bonchev–Trinajstić information content (AvgIpc) is 3.56. The summed E-state index contributed by atoms with van der Waals surface area (Å²) in [5, 5.41) is 0. The van der Waals surface area contributed by atoms with Gasteiger partial charge in [0.15, 0.2) is 0 Å². The van der Waals surface area contributed by atoms with Crippen molar-refractivity contribution in [1.29, 1.82) is 0 Å². The highest BCUT2D eigenvalue weighted by molar-refractivity contribution is 6.70. The smallest absolute Gasteiger partial charge is 0.348 e. The van der Waals surface area contributed by atoms with Crippen molar-refractivity contribution in [2.75, 3.05) is 14.2 Å². The molecule has 0 aromatic carbocycles. The molecule has 0 amide bonds. The topological polar surface area (TPSA) is 36.9 Å². The molecule has 4 aliphatic rings. The highest BCUT2D eigenvalue weighted by Crippen LogP contribution is 2.52. The van der Waals surface area contributed by atoms with Crippen LogP contribution in [0.15, 0.2) is 0 Å². The van der Waals surface area contributed by atoms with E-state index in [1.54, 1.807) is 14.2 Å². The lowest BCUT2D eigenvalue weighted by Gasteiger charge is -2.49. The van der Waals surface area contributed by atoms with Gasteiger partial charge in [-0.05, 0) is 63.2 Å². The molecule has 4 rings (SSSR count). The van der Waals surface area contributed by atoms with Gasteiger partial charge in [0.1, 0.15) is 0 Å². The minimum atomic E-state index is -2.55. The van der Waals surface area contributed by atoms with Crippen LogP contribution in [-0.2, 0) is 18.3 Å². The summed E-state index contributed by atoms with van der Waals surface area (Å²) < 4.78 is 26.1. The van der Waals surface area contributed by atoms with Gasteiger partial charge in [0.2, 0.25) is 0 Å². The summed E-state index contributed by atoms with van der Waals surface area (Å²) in [6.07, 6.45) is 24.6. The predicted molar refractivity (Wildman–Crippen MR) is 127 cm³/mol. The quantitative estimate of drug-likeness (QED) is 0.255. The monoisotopic (exact) mass is 452 g/mol. The van der Waals surface area contributed by atoms with Gasteiger partial charge in [0.05, 0.1) is 6.10 Å².